The van der Waals surface area contributed by atoms with E-state index in [9.17, 15) is 19.5 Å². The van der Waals surface area contributed by atoms with Gasteiger partial charge in [0.2, 0.25) is 11.8 Å². The van der Waals surface area contributed by atoms with E-state index in [1.165, 1.54) is 0 Å². The second-order valence-electron chi connectivity index (χ2n) is 10.8. The quantitative estimate of drug-likeness (QED) is 0.571. The van der Waals surface area contributed by atoms with E-state index in [2.05, 4.69) is 18.8 Å². The summed E-state index contributed by atoms with van der Waals surface area (Å²) in [5, 5.41) is 10.1. The van der Waals surface area contributed by atoms with E-state index in [0.29, 0.717) is 41.6 Å². The van der Waals surface area contributed by atoms with Crippen LogP contribution in [0.5, 0.6) is 0 Å². The molecule has 1 aliphatic heterocycles. The van der Waals surface area contributed by atoms with E-state index in [4.69, 9.17) is 0 Å². The van der Waals surface area contributed by atoms with Gasteiger partial charge >= 0.3 is 5.97 Å². The monoisotopic (exact) mass is 486 g/mol. The fourth-order valence-electron chi connectivity index (χ4n) is 4.90. The number of carboxylic acids is 1. The van der Waals surface area contributed by atoms with Gasteiger partial charge in [0.25, 0.3) is 0 Å². The zero-order valence-corrected chi connectivity index (χ0v) is 22.2. The number of carboxylic acid groups (broad SMARTS) is 1. The number of nitrogens with zero attached hydrogens (tertiary/aromatic N) is 2. The Morgan fingerprint density at radius 2 is 1.82 bits per heavy atom. The number of piperidine rings is 1. The third-order valence-corrected chi connectivity index (χ3v) is 8.08. The molecule has 2 fully saturated rings. The third kappa shape index (κ3) is 5.66. The highest BCUT2D eigenvalue weighted by Crippen LogP contribution is 2.40. The van der Waals surface area contributed by atoms with Crippen molar-refractivity contribution in [2.24, 2.45) is 17.3 Å². The first-order valence-corrected chi connectivity index (χ1v) is 13.3. The van der Waals surface area contributed by atoms with Crippen molar-refractivity contribution in [3.05, 3.63) is 15.3 Å². The molecule has 1 saturated heterocycles. The van der Waals surface area contributed by atoms with E-state index < -0.39 is 12.0 Å². The van der Waals surface area contributed by atoms with E-state index in [1.54, 1.807) is 9.80 Å². The minimum absolute atomic E-state index is 0.0875. The van der Waals surface area contributed by atoms with Gasteiger partial charge in [0.15, 0.2) is 0 Å². The molecule has 1 N–H and O–H groups in total. The molecule has 2 amide bonds. The number of rotatable bonds is 5. The number of carbonyl (C=O) groups excluding carboxylic acids is 2. The Kier molecular flexibility index (Phi) is 8.13. The number of hydrogen-bond acceptors (Lipinski definition) is 4. The van der Waals surface area contributed by atoms with E-state index >= 15 is 0 Å². The lowest BCUT2D eigenvalue weighted by atomic mass is 9.81. The summed E-state index contributed by atoms with van der Waals surface area (Å²) in [5.41, 5.74) is 0.809. The number of carbonyl (C=O) groups is 3. The van der Waals surface area contributed by atoms with Crippen molar-refractivity contribution < 1.29 is 19.5 Å². The Labute approximate surface area is 207 Å². The number of amides is 2. The number of likely N-dealkylation sites (tertiary alicyclic amines) is 1. The maximum atomic E-state index is 14.0. The molecule has 7 heteroatoms. The zero-order chi connectivity index (χ0) is 25.2. The molecule has 0 radical (unpaired) electrons. The fraction of sp³-hybridized carbons (Fsp3) is 0.667. The van der Waals surface area contributed by atoms with Crippen molar-refractivity contribution in [1.29, 1.82) is 0 Å². The molecule has 1 atom stereocenters. The molecule has 34 heavy (non-hydrogen) atoms. The van der Waals surface area contributed by atoms with E-state index in [-0.39, 0.29) is 28.0 Å². The molecule has 0 bridgehead atoms. The van der Waals surface area contributed by atoms with Crippen LogP contribution in [0.25, 0.3) is 0 Å². The summed E-state index contributed by atoms with van der Waals surface area (Å²) >= 11 is 1.11. The van der Waals surface area contributed by atoms with Crippen LogP contribution in [0.15, 0.2) is 0 Å². The molecule has 186 valence electrons. The lowest BCUT2D eigenvalue weighted by Gasteiger charge is -2.40. The molecule has 1 aromatic rings. The van der Waals surface area contributed by atoms with Gasteiger partial charge in [0.1, 0.15) is 10.9 Å². The molecule has 0 unspecified atom stereocenters. The van der Waals surface area contributed by atoms with Crippen LogP contribution >= 0.6 is 11.3 Å². The van der Waals surface area contributed by atoms with Gasteiger partial charge in [-0.3, -0.25) is 14.5 Å². The minimum atomic E-state index is -1.09. The molecule has 0 aromatic carbocycles. The second kappa shape index (κ2) is 10.5. The van der Waals surface area contributed by atoms with E-state index in [0.717, 1.165) is 43.4 Å². The SMILES string of the molecule is CCN1CCC[C@H](N(c2c(C(=O)O)sc(C#CC(C)(C)C)c2C)C(=O)[C@H]2CC[C@H](C)CC2)C1=O. The smallest absolute Gasteiger partial charge is 0.348 e. The zero-order valence-electron chi connectivity index (χ0n) is 21.4. The van der Waals surface area contributed by atoms with Gasteiger partial charge in [0.05, 0.1) is 10.6 Å². The highest BCUT2D eigenvalue weighted by Gasteiger charge is 2.42. The maximum Gasteiger partial charge on any atom is 0.348 e. The summed E-state index contributed by atoms with van der Waals surface area (Å²) in [6.07, 6.45) is 4.83. The van der Waals surface area contributed by atoms with Gasteiger partial charge < -0.3 is 10.0 Å². The fourth-order valence-corrected chi connectivity index (χ4v) is 5.89. The van der Waals surface area contributed by atoms with Crippen LogP contribution in [-0.2, 0) is 9.59 Å². The Morgan fingerprint density at radius 3 is 2.38 bits per heavy atom. The Balaban J connectivity index is 2.14. The van der Waals surface area contributed by atoms with Crippen LogP contribution in [0.3, 0.4) is 0 Å². The first-order valence-electron chi connectivity index (χ1n) is 12.5. The average molecular weight is 487 g/mol. The predicted octanol–water partition coefficient (Wildman–Crippen LogP) is 5.32. The molecule has 0 spiro atoms. The summed E-state index contributed by atoms with van der Waals surface area (Å²) in [5.74, 6) is 5.46. The highest BCUT2D eigenvalue weighted by atomic mass is 32.1. The Hall–Kier alpha value is -2.33. The summed E-state index contributed by atoms with van der Waals surface area (Å²) in [7, 11) is 0. The first kappa shape index (κ1) is 26.3. The molecule has 2 heterocycles. The molecular formula is C27H38N2O4S. The molecular weight excluding hydrogens is 448 g/mol. The van der Waals surface area contributed by atoms with Crippen molar-refractivity contribution in [3.8, 4) is 11.8 Å². The molecule has 1 aromatic heterocycles. The van der Waals surface area contributed by atoms with Gasteiger partial charge in [-0.2, -0.15) is 0 Å². The van der Waals surface area contributed by atoms with Crippen LogP contribution in [0.2, 0.25) is 0 Å². The molecule has 6 nitrogen and oxygen atoms in total. The van der Waals surface area contributed by atoms with Crippen molar-refractivity contribution >= 4 is 34.8 Å². The maximum absolute atomic E-state index is 14.0. The minimum Gasteiger partial charge on any atom is -0.477 e. The summed E-state index contributed by atoms with van der Waals surface area (Å²) in [6.45, 7) is 13.2. The Morgan fingerprint density at radius 1 is 1.18 bits per heavy atom. The number of hydrogen-bond donors (Lipinski definition) is 1. The number of thiophene rings is 1. The van der Waals surface area contributed by atoms with E-state index in [1.807, 2.05) is 34.6 Å². The molecule has 1 saturated carbocycles. The Bertz CT molecular complexity index is 1000. The van der Waals surface area contributed by atoms with Gasteiger partial charge in [-0.25, -0.2) is 4.79 Å². The molecule has 2 aliphatic rings. The van der Waals surface area contributed by atoms with Crippen LogP contribution in [-0.4, -0.2) is 46.9 Å². The summed E-state index contributed by atoms with van der Waals surface area (Å²) in [4.78, 5) is 43.9. The normalized spacial score (nSPS) is 23.3. The lowest BCUT2D eigenvalue weighted by Crippen LogP contribution is -2.56. The first-order chi connectivity index (χ1) is 15.9. The van der Waals surface area contributed by atoms with Gasteiger partial charge in [-0.1, -0.05) is 18.8 Å². The number of aromatic carboxylic acids is 1. The van der Waals surface area contributed by atoms with Crippen LogP contribution < -0.4 is 4.90 Å². The van der Waals surface area contributed by atoms with Crippen LogP contribution in [0.1, 0.15) is 93.3 Å². The standard InChI is InChI=1S/C27H38N2O4S/c1-7-28-16-8-9-20(25(28)31)29(24(30)19-12-10-17(2)11-13-19)22-18(3)21(14-15-27(4,5)6)34-23(22)26(32)33/h17,19-20H,7-13,16H2,1-6H3,(H,32,33)/t17-,19-,20-/m0/s1. The summed E-state index contributed by atoms with van der Waals surface area (Å²) < 4.78 is 0. The molecule has 3 rings (SSSR count). The van der Waals surface area contributed by atoms with Crippen molar-refractivity contribution in [3.63, 3.8) is 0 Å². The van der Waals surface area contributed by atoms with Gasteiger partial charge in [-0.15, -0.1) is 11.3 Å². The number of likely N-dealkylation sites (N-methyl/N-ethyl adjacent to an activating group) is 1. The highest BCUT2D eigenvalue weighted by molar-refractivity contribution is 7.15. The average Bonchev–Trinajstić information content (AvgIpc) is 3.10. The summed E-state index contributed by atoms with van der Waals surface area (Å²) in [6, 6.07) is -0.671. The van der Waals surface area contributed by atoms with Gasteiger partial charge in [0, 0.05) is 30.0 Å². The molecule has 1 aliphatic carbocycles. The predicted molar refractivity (Wildman–Crippen MR) is 136 cm³/mol. The van der Waals surface area contributed by atoms with Crippen molar-refractivity contribution in [2.75, 3.05) is 18.0 Å². The van der Waals surface area contributed by atoms with Crippen molar-refractivity contribution in [1.82, 2.24) is 4.90 Å². The van der Waals surface area contributed by atoms with Gasteiger partial charge in [-0.05, 0) is 79.1 Å². The lowest BCUT2D eigenvalue weighted by molar-refractivity contribution is -0.137. The number of anilines is 1. The second-order valence-corrected chi connectivity index (χ2v) is 11.8. The third-order valence-electron chi connectivity index (χ3n) is 6.90. The van der Waals surface area contributed by atoms with Crippen LogP contribution in [0.4, 0.5) is 5.69 Å². The van der Waals surface area contributed by atoms with Crippen LogP contribution in [0, 0.1) is 36.0 Å². The largest absolute Gasteiger partial charge is 0.477 e. The van der Waals surface area contributed by atoms with Crippen molar-refractivity contribution in [2.45, 2.75) is 86.1 Å². The topological polar surface area (TPSA) is 77.9 Å².